The topological polar surface area (TPSA) is 124 Å². The molecule has 194 valence electrons. The van der Waals surface area contributed by atoms with E-state index in [9.17, 15) is 12.8 Å². The summed E-state index contributed by atoms with van der Waals surface area (Å²) in [7, 11) is -3.51. The molecule has 0 radical (unpaired) electrons. The number of fused-ring (bicyclic) bond motifs is 1. The fraction of sp³-hybridized carbons (Fsp3) is 0.240. The predicted molar refractivity (Wildman–Crippen MR) is 139 cm³/mol. The van der Waals surface area contributed by atoms with Crippen molar-refractivity contribution in [3.63, 3.8) is 0 Å². The number of piperidine rings is 1. The van der Waals surface area contributed by atoms with Crippen LogP contribution in [0.25, 0.3) is 32.7 Å². The number of sulfone groups is 1. The highest BCUT2D eigenvalue weighted by molar-refractivity contribution is 7.90. The Morgan fingerprint density at radius 2 is 1.89 bits per heavy atom. The molecule has 5 aromatic rings. The summed E-state index contributed by atoms with van der Waals surface area (Å²) in [6, 6.07) is 8.20. The Hall–Kier alpha value is -3.97. The molecule has 0 unspecified atom stereocenters. The zero-order chi connectivity index (χ0) is 26.3. The van der Waals surface area contributed by atoms with Gasteiger partial charge in [-0.05, 0) is 24.3 Å². The fourth-order valence-corrected chi connectivity index (χ4v) is 5.78. The lowest BCUT2D eigenvalue weighted by molar-refractivity contribution is 0.155. The number of thiophene rings is 1. The second kappa shape index (κ2) is 9.72. The first kappa shape index (κ1) is 24.4. The van der Waals surface area contributed by atoms with Gasteiger partial charge in [-0.25, -0.2) is 17.8 Å². The number of pyridine rings is 1. The molecular weight excluding hydrogens is 531 g/mol. The summed E-state index contributed by atoms with van der Waals surface area (Å²) < 4.78 is 50.7. The van der Waals surface area contributed by atoms with E-state index in [4.69, 9.17) is 9.26 Å². The van der Waals surface area contributed by atoms with Crippen molar-refractivity contribution in [2.45, 2.75) is 23.8 Å². The third-order valence-electron chi connectivity index (χ3n) is 6.29. The number of hydrogen-bond donors (Lipinski definition) is 0. The van der Waals surface area contributed by atoms with Crippen LogP contribution in [0.2, 0.25) is 0 Å². The lowest BCUT2D eigenvalue weighted by atomic mass is 10.1. The second-order valence-corrected chi connectivity index (χ2v) is 11.8. The summed E-state index contributed by atoms with van der Waals surface area (Å²) in [4.78, 5) is 19.3. The van der Waals surface area contributed by atoms with E-state index in [1.54, 1.807) is 24.0 Å². The molecule has 0 amide bonds. The van der Waals surface area contributed by atoms with Crippen LogP contribution in [0.3, 0.4) is 0 Å². The van der Waals surface area contributed by atoms with Crippen molar-refractivity contribution in [1.82, 2.24) is 25.1 Å². The van der Waals surface area contributed by atoms with Gasteiger partial charge in [-0.15, -0.1) is 11.3 Å². The lowest BCUT2D eigenvalue weighted by Crippen LogP contribution is -2.38. The van der Waals surface area contributed by atoms with Crippen LogP contribution >= 0.6 is 11.3 Å². The van der Waals surface area contributed by atoms with Gasteiger partial charge in [0.05, 0.1) is 21.3 Å². The minimum absolute atomic E-state index is 0.0719. The third-order valence-corrected chi connectivity index (χ3v) is 8.31. The Kier molecular flexibility index (Phi) is 6.24. The van der Waals surface area contributed by atoms with Gasteiger partial charge in [0.1, 0.15) is 11.9 Å². The van der Waals surface area contributed by atoms with Gasteiger partial charge in [0.2, 0.25) is 5.82 Å². The molecule has 0 aliphatic carbocycles. The number of aromatic nitrogens is 5. The highest BCUT2D eigenvalue weighted by atomic mass is 32.2. The van der Waals surface area contributed by atoms with Gasteiger partial charge in [-0.3, -0.25) is 4.98 Å². The van der Waals surface area contributed by atoms with E-state index in [0.717, 1.165) is 22.6 Å². The first-order chi connectivity index (χ1) is 18.3. The van der Waals surface area contributed by atoms with E-state index in [1.165, 1.54) is 23.5 Å². The zero-order valence-electron chi connectivity index (χ0n) is 20.1. The number of hydrogen-bond acceptors (Lipinski definition) is 11. The summed E-state index contributed by atoms with van der Waals surface area (Å²) in [6.07, 6.45) is 7.35. The van der Waals surface area contributed by atoms with Crippen LogP contribution in [0.15, 0.2) is 63.7 Å². The lowest BCUT2D eigenvalue weighted by Gasteiger charge is -2.30. The second-order valence-electron chi connectivity index (χ2n) is 8.87. The minimum atomic E-state index is -3.51. The Balaban J connectivity index is 1.15. The van der Waals surface area contributed by atoms with E-state index in [2.05, 4.69) is 25.1 Å². The summed E-state index contributed by atoms with van der Waals surface area (Å²) >= 11 is 1.38. The van der Waals surface area contributed by atoms with Crippen LogP contribution < -0.4 is 9.64 Å². The predicted octanol–water partition coefficient (Wildman–Crippen LogP) is 4.39. The Morgan fingerprint density at radius 3 is 2.63 bits per heavy atom. The van der Waals surface area contributed by atoms with Gasteiger partial charge in [-0.2, -0.15) is 9.97 Å². The molecule has 1 aliphatic heterocycles. The SMILES string of the molecule is CS(=O)(=O)c1ccc(-c2csc3cnc(OC4CCN(c5nc(-c6ccncc6)no5)CC4)nc23)c(F)c1. The third kappa shape index (κ3) is 4.82. The molecule has 38 heavy (non-hydrogen) atoms. The highest BCUT2D eigenvalue weighted by Gasteiger charge is 2.25. The van der Waals surface area contributed by atoms with Crippen molar-refractivity contribution in [2.24, 2.45) is 0 Å². The normalized spacial score (nSPS) is 14.7. The molecule has 0 saturated carbocycles. The van der Waals surface area contributed by atoms with Crippen molar-refractivity contribution >= 4 is 37.4 Å². The van der Waals surface area contributed by atoms with Crippen molar-refractivity contribution in [1.29, 1.82) is 0 Å². The van der Waals surface area contributed by atoms with Gasteiger partial charge in [0.15, 0.2) is 9.84 Å². The fourth-order valence-electron chi connectivity index (χ4n) is 4.28. The molecule has 10 nitrogen and oxygen atoms in total. The zero-order valence-corrected chi connectivity index (χ0v) is 21.7. The van der Waals surface area contributed by atoms with E-state index in [-0.39, 0.29) is 22.6 Å². The van der Waals surface area contributed by atoms with E-state index < -0.39 is 15.7 Å². The smallest absolute Gasteiger partial charge is 0.324 e. The van der Waals surface area contributed by atoms with Crippen LogP contribution in [0.4, 0.5) is 10.4 Å². The number of benzene rings is 1. The first-order valence-electron chi connectivity index (χ1n) is 11.7. The average Bonchev–Trinajstić information content (AvgIpc) is 3.57. The molecule has 0 atom stereocenters. The minimum Gasteiger partial charge on any atom is -0.460 e. The van der Waals surface area contributed by atoms with Gasteiger partial charge >= 0.3 is 12.0 Å². The van der Waals surface area contributed by atoms with Gasteiger partial charge in [0, 0.05) is 66.7 Å². The van der Waals surface area contributed by atoms with Gasteiger partial charge < -0.3 is 14.2 Å². The van der Waals surface area contributed by atoms with Crippen LogP contribution in [0, 0.1) is 5.82 Å². The van der Waals surface area contributed by atoms with E-state index >= 15 is 0 Å². The summed E-state index contributed by atoms with van der Waals surface area (Å²) in [5, 5.41) is 5.85. The number of anilines is 1. The van der Waals surface area contributed by atoms with Crippen molar-refractivity contribution in [2.75, 3.05) is 24.2 Å². The number of nitrogens with zero attached hydrogens (tertiary/aromatic N) is 6. The maximum atomic E-state index is 14.9. The molecule has 1 fully saturated rings. The van der Waals surface area contributed by atoms with Crippen molar-refractivity contribution in [3.05, 3.63) is 60.1 Å². The molecule has 1 aromatic carbocycles. The summed E-state index contributed by atoms with van der Waals surface area (Å²) in [5.41, 5.74) is 2.22. The number of ether oxygens (including phenoxy) is 1. The van der Waals surface area contributed by atoms with Crippen LogP contribution in [0.5, 0.6) is 6.01 Å². The van der Waals surface area contributed by atoms with Gasteiger partial charge in [0.25, 0.3) is 0 Å². The monoisotopic (exact) mass is 552 g/mol. The van der Waals surface area contributed by atoms with Crippen molar-refractivity contribution < 1.29 is 22.1 Å². The molecule has 0 N–H and O–H groups in total. The highest BCUT2D eigenvalue weighted by Crippen LogP contribution is 2.35. The number of halogens is 1. The standard InChI is InChI=1S/C25H21FN6O4S2/c1-38(33,34)17-2-3-18(20(26)12-17)19-14-37-21-13-28-24(29-22(19)21)35-16-6-10-32(11-7-16)25-30-23(31-36-25)15-4-8-27-9-5-15/h2-5,8-9,12-14,16H,6-7,10-11H2,1H3. The number of rotatable bonds is 6. The van der Waals surface area contributed by atoms with E-state index in [0.29, 0.717) is 48.9 Å². The molecule has 0 bridgehead atoms. The average molecular weight is 553 g/mol. The maximum Gasteiger partial charge on any atom is 0.324 e. The Labute approximate surface area is 221 Å². The Morgan fingerprint density at radius 1 is 1.11 bits per heavy atom. The van der Waals surface area contributed by atoms with Crippen LogP contribution in [0.1, 0.15) is 12.8 Å². The molecule has 6 rings (SSSR count). The first-order valence-corrected chi connectivity index (χ1v) is 14.5. The van der Waals surface area contributed by atoms with E-state index in [1.807, 2.05) is 17.0 Å². The molecule has 1 saturated heterocycles. The molecule has 13 heteroatoms. The maximum absolute atomic E-state index is 14.9. The largest absolute Gasteiger partial charge is 0.460 e. The molecule has 4 aromatic heterocycles. The quantitative estimate of drug-likeness (QED) is 0.299. The summed E-state index contributed by atoms with van der Waals surface area (Å²) in [5.74, 6) is -0.120. The molecular formula is C25H21FN6O4S2. The van der Waals surface area contributed by atoms with Gasteiger partial charge in [-0.1, -0.05) is 11.2 Å². The van der Waals surface area contributed by atoms with Crippen molar-refractivity contribution in [3.8, 4) is 28.5 Å². The Bertz CT molecular complexity index is 1720. The van der Waals surface area contributed by atoms with Crippen LogP contribution in [-0.2, 0) is 9.84 Å². The summed E-state index contributed by atoms with van der Waals surface area (Å²) in [6.45, 7) is 1.32. The van der Waals surface area contributed by atoms with Crippen LogP contribution in [-0.4, -0.2) is 59.0 Å². The molecule has 0 spiro atoms. The molecule has 5 heterocycles. The molecule has 1 aliphatic rings.